The zero-order valence-electron chi connectivity index (χ0n) is 35.6. The number of benzene rings is 4. The van der Waals surface area contributed by atoms with Crippen LogP contribution >= 0.6 is 11.6 Å². The fraction of sp³-hybridized carbons (Fsp3) is 0.319. The molecule has 8 rings (SSSR count). The molecule has 2 saturated heterocycles. The Hall–Kier alpha value is -6.36. The van der Waals surface area contributed by atoms with Gasteiger partial charge in [-0.25, -0.2) is 19.9 Å². The number of ether oxygens (including phenoxy) is 1. The van der Waals surface area contributed by atoms with Gasteiger partial charge in [-0.15, -0.1) is 13.2 Å². The van der Waals surface area contributed by atoms with Crippen LogP contribution in [0.5, 0.6) is 5.75 Å². The van der Waals surface area contributed by atoms with E-state index >= 15 is 0 Å². The molecule has 4 N–H and O–H groups in total. The minimum Gasteiger partial charge on any atom is -0.406 e. The molecule has 64 heavy (non-hydrogen) atoms. The maximum atomic E-state index is 12.4. The summed E-state index contributed by atoms with van der Waals surface area (Å²) in [5.41, 5.74) is 6.45. The van der Waals surface area contributed by atoms with E-state index in [9.17, 15) is 22.8 Å². The van der Waals surface area contributed by atoms with Crippen molar-refractivity contribution in [1.29, 1.82) is 0 Å². The van der Waals surface area contributed by atoms with Crippen LogP contribution in [-0.4, -0.2) is 90.5 Å². The van der Waals surface area contributed by atoms with Crippen molar-refractivity contribution in [1.82, 2.24) is 30.6 Å². The summed E-state index contributed by atoms with van der Waals surface area (Å²) in [6, 6.07) is 24.1. The van der Waals surface area contributed by atoms with Crippen LogP contribution in [0, 0.1) is 13.8 Å². The number of carbonyl (C=O) groups excluding carboxylic acids is 2. The highest BCUT2D eigenvalue weighted by Gasteiger charge is 2.31. The highest BCUT2D eigenvalue weighted by molar-refractivity contribution is 6.30. The Morgan fingerprint density at radius 3 is 1.81 bits per heavy atom. The molecule has 0 bridgehead atoms. The summed E-state index contributed by atoms with van der Waals surface area (Å²) < 4.78 is 40.6. The molecule has 0 unspecified atom stereocenters. The van der Waals surface area contributed by atoms with E-state index in [4.69, 9.17) is 26.6 Å². The first-order valence-corrected chi connectivity index (χ1v) is 21.6. The lowest BCUT2D eigenvalue weighted by Gasteiger charge is -2.20. The van der Waals surface area contributed by atoms with Gasteiger partial charge in [0.15, 0.2) is 0 Å². The van der Waals surface area contributed by atoms with Crippen LogP contribution in [0.15, 0.2) is 91.0 Å². The monoisotopic (exact) mass is 894 g/mol. The van der Waals surface area contributed by atoms with Crippen molar-refractivity contribution in [2.45, 2.75) is 45.9 Å². The van der Waals surface area contributed by atoms with E-state index in [2.05, 4.69) is 40.8 Å². The molecule has 0 atom stereocenters. The smallest absolute Gasteiger partial charge is 0.406 e. The quantitative estimate of drug-likeness (QED) is 0.0986. The summed E-state index contributed by atoms with van der Waals surface area (Å²) in [6.45, 7) is 11.4. The second-order valence-electron chi connectivity index (χ2n) is 15.5. The summed E-state index contributed by atoms with van der Waals surface area (Å²) in [5.74, 6) is 0.779. The van der Waals surface area contributed by atoms with Crippen LogP contribution in [0.2, 0.25) is 5.02 Å². The van der Waals surface area contributed by atoms with Crippen LogP contribution in [0.3, 0.4) is 0 Å². The van der Waals surface area contributed by atoms with Crippen molar-refractivity contribution in [3.05, 3.63) is 119 Å². The number of nitrogens with zero attached hydrogens (tertiary/aromatic N) is 6. The van der Waals surface area contributed by atoms with Crippen LogP contribution in [0.1, 0.15) is 41.8 Å². The van der Waals surface area contributed by atoms with Gasteiger partial charge in [-0.2, -0.15) is 0 Å². The zero-order valence-corrected chi connectivity index (χ0v) is 36.4. The van der Waals surface area contributed by atoms with Crippen molar-refractivity contribution < 1.29 is 27.5 Å². The van der Waals surface area contributed by atoms with Gasteiger partial charge in [0.25, 0.3) is 0 Å². The lowest BCUT2D eigenvalue weighted by molar-refractivity contribution is -0.274. The Morgan fingerprint density at radius 1 is 0.719 bits per heavy atom. The third-order valence-corrected chi connectivity index (χ3v) is 10.9. The first kappa shape index (κ1) is 45.7. The van der Waals surface area contributed by atoms with Crippen molar-refractivity contribution in [2.75, 3.05) is 72.8 Å². The SMILES string of the molecule is Cc1nc(N2CCCNCC2)nc2ccc(NC(=O)C=Cc3ccc(OC(F)(F)F)cc3)cc12.Cc1nc(N2CCCNCC2)nc2ccc(NC(=O)CCc3ccc(Cl)cc3)cc12. The zero-order chi connectivity index (χ0) is 45.1. The molecule has 2 aromatic heterocycles. The lowest BCUT2D eigenvalue weighted by Crippen LogP contribution is -2.29. The predicted molar refractivity (Wildman–Crippen MR) is 247 cm³/mol. The Bertz CT molecular complexity index is 2580. The molecular formula is C47H50ClF3N10O3. The average Bonchev–Trinajstić information content (AvgIpc) is 3.73. The molecule has 6 aromatic rings. The number of alkyl halides is 3. The Morgan fingerprint density at radius 2 is 1.27 bits per heavy atom. The fourth-order valence-corrected chi connectivity index (χ4v) is 7.46. The van der Waals surface area contributed by atoms with Crippen LogP contribution in [0.25, 0.3) is 27.9 Å². The van der Waals surface area contributed by atoms with Crippen molar-refractivity contribution in [2.24, 2.45) is 0 Å². The maximum absolute atomic E-state index is 12.4. The molecule has 334 valence electrons. The Labute approximate surface area is 374 Å². The van der Waals surface area contributed by atoms with E-state index < -0.39 is 6.36 Å². The lowest BCUT2D eigenvalue weighted by atomic mass is 10.1. The van der Waals surface area contributed by atoms with Gasteiger partial charge in [-0.05, 0) is 124 Å². The Kier molecular flexibility index (Phi) is 15.2. The van der Waals surface area contributed by atoms with Gasteiger partial charge >= 0.3 is 6.36 Å². The molecular weight excluding hydrogens is 845 g/mol. The van der Waals surface area contributed by atoms with E-state index in [1.54, 1.807) is 6.07 Å². The summed E-state index contributed by atoms with van der Waals surface area (Å²) in [4.78, 5) is 48.0. The summed E-state index contributed by atoms with van der Waals surface area (Å²) >= 11 is 5.91. The van der Waals surface area contributed by atoms with Gasteiger partial charge in [-0.3, -0.25) is 9.59 Å². The van der Waals surface area contributed by atoms with Crippen molar-refractivity contribution >= 4 is 74.6 Å². The molecule has 2 aliphatic heterocycles. The largest absolute Gasteiger partial charge is 0.573 e. The molecule has 4 heterocycles. The standard InChI is InChI=1S/C24H24F3N5O2.C23H26ClN5O/c1-16-20-15-18(6-9-21(20)31-23(29-16)32-13-2-11-28-12-14-32)30-22(33)10-5-17-3-7-19(8-4-17)34-24(25,26)27;1-16-20-15-19(27-22(30)10-5-17-3-6-18(24)7-4-17)8-9-21(20)28-23(26-16)29-13-2-11-25-12-14-29/h3-10,15,28H,2,11-14H2,1H3,(H,30,33);3-4,6-9,15,25H,2,5,10-14H2,1H3,(H,27,30). The molecule has 4 aromatic carbocycles. The minimum atomic E-state index is -4.74. The van der Waals surface area contributed by atoms with E-state index in [1.807, 2.05) is 68.4 Å². The Balaban J connectivity index is 0.000000193. The highest BCUT2D eigenvalue weighted by Crippen LogP contribution is 2.26. The average molecular weight is 895 g/mol. The van der Waals surface area contributed by atoms with Crippen LogP contribution < -0.4 is 35.8 Å². The number of hydrogen-bond acceptors (Lipinski definition) is 11. The summed E-state index contributed by atoms with van der Waals surface area (Å²) in [6.07, 6.45) is 1.27. The van der Waals surface area contributed by atoms with E-state index in [0.29, 0.717) is 35.1 Å². The molecule has 17 heteroatoms. The molecule has 0 saturated carbocycles. The van der Waals surface area contributed by atoms with Gasteiger partial charge in [0.05, 0.1) is 22.4 Å². The molecule has 13 nitrogen and oxygen atoms in total. The first-order chi connectivity index (χ1) is 30.8. The van der Waals surface area contributed by atoms with Gasteiger partial charge in [0, 0.05) is 78.9 Å². The van der Waals surface area contributed by atoms with E-state index in [1.165, 1.54) is 36.4 Å². The molecule has 2 amide bonds. The topological polar surface area (TPSA) is 150 Å². The molecule has 0 radical (unpaired) electrons. The fourth-order valence-electron chi connectivity index (χ4n) is 7.33. The summed E-state index contributed by atoms with van der Waals surface area (Å²) in [7, 11) is 0. The van der Waals surface area contributed by atoms with Gasteiger partial charge in [-0.1, -0.05) is 35.9 Å². The number of fused-ring (bicyclic) bond motifs is 2. The number of rotatable bonds is 10. The molecule has 0 aliphatic carbocycles. The number of nitrogens with one attached hydrogen (secondary N) is 4. The number of carbonyl (C=O) groups is 2. The number of aryl methyl sites for hydroxylation is 3. The number of halogens is 4. The predicted octanol–water partition coefficient (Wildman–Crippen LogP) is 8.25. The van der Waals surface area contributed by atoms with Crippen LogP contribution in [-0.2, 0) is 16.0 Å². The van der Waals surface area contributed by atoms with E-state index in [0.717, 1.165) is 116 Å². The normalized spacial score (nSPS) is 14.7. The van der Waals surface area contributed by atoms with Crippen molar-refractivity contribution in [3.63, 3.8) is 0 Å². The molecule has 2 fully saturated rings. The van der Waals surface area contributed by atoms with Crippen LogP contribution in [0.4, 0.5) is 36.4 Å². The van der Waals surface area contributed by atoms with Gasteiger partial charge < -0.3 is 35.8 Å². The second kappa shape index (κ2) is 21.3. The van der Waals surface area contributed by atoms with E-state index in [-0.39, 0.29) is 17.6 Å². The first-order valence-electron chi connectivity index (χ1n) is 21.2. The number of anilines is 4. The number of hydrogen-bond donors (Lipinski definition) is 4. The third kappa shape index (κ3) is 13.1. The number of aromatic nitrogens is 4. The third-order valence-electron chi connectivity index (χ3n) is 10.6. The maximum Gasteiger partial charge on any atom is 0.573 e. The number of amides is 2. The van der Waals surface area contributed by atoms with Crippen molar-refractivity contribution in [3.8, 4) is 5.75 Å². The van der Waals surface area contributed by atoms with Gasteiger partial charge in [0.2, 0.25) is 23.7 Å². The molecule has 0 spiro atoms. The minimum absolute atomic E-state index is 0.0171. The summed E-state index contributed by atoms with van der Waals surface area (Å²) in [5, 5.41) is 15.1. The molecule has 2 aliphatic rings. The second-order valence-corrected chi connectivity index (χ2v) is 15.9. The highest BCUT2D eigenvalue weighted by atomic mass is 35.5. The van der Waals surface area contributed by atoms with Gasteiger partial charge in [0.1, 0.15) is 5.75 Å².